The number of hydrogen-bond donors (Lipinski definition) is 1. The maximum absolute atomic E-state index is 5.95. The Kier molecular flexibility index (Phi) is 4.64. The van der Waals surface area contributed by atoms with E-state index in [0.717, 1.165) is 17.7 Å². The Labute approximate surface area is 122 Å². The third kappa shape index (κ3) is 3.60. The summed E-state index contributed by atoms with van der Waals surface area (Å²) >= 11 is 11.8. The molecule has 2 aromatic rings. The van der Waals surface area contributed by atoms with Gasteiger partial charge < -0.3 is 10.1 Å². The number of halogens is 2. The molecule has 1 aromatic carbocycles. The summed E-state index contributed by atoms with van der Waals surface area (Å²) in [6.45, 7) is 2.74. The Morgan fingerprint density at radius 2 is 2.00 bits per heavy atom. The van der Waals surface area contributed by atoms with Gasteiger partial charge in [0, 0.05) is 24.4 Å². The van der Waals surface area contributed by atoms with Crippen LogP contribution in [0.1, 0.15) is 11.1 Å². The van der Waals surface area contributed by atoms with Crippen LogP contribution in [0.5, 0.6) is 11.6 Å². The summed E-state index contributed by atoms with van der Waals surface area (Å²) in [7, 11) is 1.90. The molecular weight excluding hydrogens is 283 g/mol. The van der Waals surface area contributed by atoms with Gasteiger partial charge in [-0.15, -0.1) is 0 Å². The van der Waals surface area contributed by atoms with Crippen LogP contribution in [0.25, 0.3) is 0 Å². The van der Waals surface area contributed by atoms with Crippen molar-refractivity contribution in [1.29, 1.82) is 0 Å². The number of ether oxygens (including phenoxy) is 1. The summed E-state index contributed by atoms with van der Waals surface area (Å²) in [5.41, 5.74) is 2.08. The molecule has 1 N–H and O–H groups in total. The van der Waals surface area contributed by atoms with Gasteiger partial charge in [-0.25, -0.2) is 4.98 Å². The Morgan fingerprint density at radius 3 is 2.63 bits per heavy atom. The van der Waals surface area contributed by atoms with Gasteiger partial charge in [0.2, 0.25) is 5.88 Å². The molecule has 0 aliphatic carbocycles. The molecule has 0 amide bonds. The molecule has 0 aliphatic rings. The largest absolute Gasteiger partial charge is 0.439 e. The molecule has 0 atom stereocenters. The van der Waals surface area contributed by atoms with Crippen LogP contribution in [-0.2, 0) is 6.54 Å². The van der Waals surface area contributed by atoms with Crippen molar-refractivity contribution in [1.82, 2.24) is 10.3 Å². The lowest BCUT2D eigenvalue weighted by Crippen LogP contribution is -2.06. The normalized spacial score (nSPS) is 10.5. The van der Waals surface area contributed by atoms with Crippen molar-refractivity contribution in [2.75, 3.05) is 7.05 Å². The third-order valence-corrected chi connectivity index (χ3v) is 3.31. The van der Waals surface area contributed by atoms with Crippen molar-refractivity contribution in [3.63, 3.8) is 0 Å². The summed E-state index contributed by atoms with van der Waals surface area (Å²) in [6.07, 6.45) is 1.79. The van der Waals surface area contributed by atoms with E-state index in [1.807, 2.05) is 20.0 Å². The highest BCUT2D eigenvalue weighted by molar-refractivity contribution is 6.42. The predicted octanol–water partition coefficient (Wildman–Crippen LogP) is 4.21. The molecule has 0 spiro atoms. The zero-order chi connectivity index (χ0) is 13.8. The molecule has 19 heavy (non-hydrogen) atoms. The van der Waals surface area contributed by atoms with Crippen molar-refractivity contribution in [2.24, 2.45) is 0 Å². The first kappa shape index (κ1) is 14.1. The second-order valence-electron chi connectivity index (χ2n) is 4.17. The van der Waals surface area contributed by atoms with E-state index in [1.165, 1.54) is 0 Å². The maximum Gasteiger partial charge on any atom is 0.222 e. The highest BCUT2D eigenvalue weighted by Crippen LogP contribution is 2.29. The third-order valence-electron chi connectivity index (χ3n) is 2.57. The number of aryl methyl sites for hydroxylation is 1. The van der Waals surface area contributed by atoms with Crippen molar-refractivity contribution >= 4 is 23.2 Å². The smallest absolute Gasteiger partial charge is 0.222 e. The van der Waals surface area contributed by atoms with Gasteiger partial charge in [0.15, 0.2) is 0 Å². The lowest BCUT2D eigenvalue weighted by molar-refractivity contribution is 0.458. The second kappa shape index (κ2) is 6.24. The fraction of sp³-hybridized carbons (Fsp3) is 0.214. The molecule has 0 saturated heterocycles. The molecule has 1 aromatic heterocycles. The lowest BCUT2D eigenvalue weighted by atomic mass is 10.2. The summed E-state index contributed by atoms with van der Waals surface area (Å²) in [5, 5.41) is 4.05. The molecule has 2 rings (SSSR count). The van der Waals surface area contributed by atoms with Crippen LogP contribution >= 0.6 is 23.2 Å². The van der Waals surface area contributed by atoms with Gasteiger partial charge in [-0.3, -0.25) is 0 Å². The first-order valence-corrected chi connectivity index (χ1v) is 6.59. The van der Waals surface area contributed by atoms with Crippen molar-refractivity contribution < 1.29 is 4.74 Å². The molecule has 100 valence electrons. The van der Waals surface area contributed by atoms with Crippen molar-refractivity contribution in [3.8, 4) is 11.6 Å². The molecular formula is C14H14Cl2N2O. The first-order chi connectivity index (χ1) is 9.10. The number of nitrogens with zero attached hydrogens (tertiary/aromatic N) is 1. The Morgan fingerprint density at radius 1 is 1.21 bits per heavy atom. The summed E-state index contributed by atoms with van der Waals surface area (Å²) < 4.78 is 5.70. The minimum Gasteiger partial charge on any atom is -0.439 e. The first-order valence-electron chi connectivity index (χ1n) is 5.83. The van der Waals surface area contributed by atoms with Crippen molar-refractivity contribution in [2.45, 2.75) is 13.5 Å². The zero-order valence-corrected chi connectivity index (χ0v) is 12.2. The van der Waals surface area contributed by atoms with E-state index in [9.17, 15) is 0 Å². The van der Waals surface area contributed by atoms with Gasteiger partial charge in [-0.05, 0) is 37.7 Å². The summed E-state index contributed by atoms with van der Waals surface area (Å²) in [6, 6.07) is 7.17. The lowest BCUT2D eigenvalue weighted by Gasteiger charge is -2.09. The van der Waals surface area contributed by atoms with Gasteiger partial charge in [0.05, 0.1) is 10.0 Å². The number of pyridine rings is 1. The predicted molar refractivity (Wildman–Crippen MR) is 78.3 cm³/mol. The average Bonchev–Trinajstić information content (AvgIpc) is 2.37. The summed E-state index contributed by atoms with van der Waals surface area (Å²) in [4.78, 5) is 4.31. The zero-order valence-electron chi connectivity index (χ0n) is 10.7. The van der Waals surface area contributed by atoms with Crippen LogP contribution in [-0.4, -0.2) is 12.0 Å². The van der Waals surface area contributed by atoms with Gasteiger partial charge in [0.1, 0.15) is 5.75 Å². The highest BCUT2D eigenvalue weighted by Gasteiger charge is 2.06. The minimum atomic E-state index is 0.462. The van der Waals surface area contributed by atoms with Gasteiger partial charge >= 0.3 is 0 Å². The molecule has 0 radical (unpaired) electrons. The number of aromatic nitrogens is 1. The Hall–Kier alpha value is -1.29. The standard InChI is InChI=1S/C14H14Cl2N2O/c1-9-5-10(7-17-2)8-18-14(9)19-11-3-4-12(15)13(16)6-11/h3-6,8,17H,7H2,1-2H3. The van der Waals surface area contributed by atoms with Crippen LogP contribution < -0.4 is 10.1 Å². The van der Waals surface area contributed by atoms with Crippen LogP contribution in [0.2, 0.25) is 10.0 Å². The molecule has 0 fully saturated rings. The Balaban J connectivity index is 2.20. The van der Waals surface area contributed by atoms with E-state index < -0.39 is 0 Å². The molecule has 0 aliphatic heterocycles. The van der Waals surface area contributed by atoms with Crippen molar-refractivity contribution in [3.05, 3.63) is 51.6 Å². The number of hydrogen-bond acceptors (Lipinski definition) is 3. The number of nitrogens with one attached hydrogen (secondary N) is 1. The van der Waals surface area contributed by atoms with E-state index in [0.29, 0.717) is 21.7 Å². The minimum absolute atomic E-state index is 0.462. The van der Waals surface area contributed by atoms with Crippen LogP contribution in [0, 0.1) is 6.92 Å². The topological polar surface area (TPSA) is 34.2 Å². The van der Waals surface area contributed by atoms with Crippen LogP contribution in [0.15, 0.2) is 30.5 Å². The molecule has 0 unspecified atom stereocenters. The van der Waals surface area contributed by atoms with E-state index in [-0.39, 0.29) is 0 Å². The molecule has 5 heteroatoms. The highest BCUT2D eigenvalue weighted by atomic mass is 35.5. The SMILES string of the molecule is CNCc1cnc(Oc2ccc(Cl)c(Cl)c2)c(C)c1. The number of benzene rings is 1. The van der Waals surface area contributed by atoms with E-state index >= 15 is 0 Å². The fourth-order valence-corrected chi connectivity index (χ4v) is 1.97. The van der Waals surface area contributed by atoms with E-state index in [2.05, 4.69) is 10.3 Å². The quantitative estimate of drug-likeness (QED) is 0.918. The van der Waals surface area contributed by atoms with Gasteiger partial charge in [-0.1, -0.05) is 23.2 Å². The fourth-order valence-electron chi connectivity index (χ4n) is 1.68. The van der Waals surface area contributed by atoms with Crippen LogP contribution in [0.4, 0.5) is 0 Å². The average molecular weight is 297 g/mol. The maximum atomic E-state index is 5.95. The van der Waals surface area contributed by atoms with Gasteiger partial charge in [0.25, 0.3) is 0 Å². The monoisotopic (exact) mass is 296 g/mol. The number of rotatable bonds is 4. The van der Waals surface area contributed by atoms with Gasteiger partial charge in [-0.2, -0.15) is 0 Å². The summed E-state index contributed by atoms with van der Waals surface area (Å²) in [5.74, 6) is 1.18. The Bertz CT molecular complexity index is 588. The molecule has 1 heterocycles. The van der Waals surface area contributed by atoms with E-state index in [4.69, 9.17) is 27.9 Å². The molecule has 0 saturated carbocycles. The second-order valence-corrected chi connectivity index (χ2v) is 4.99. The van der Waals surface area contributed by atoms with E-state index in [1.54, 1.807) is 24.4 Å². The molecule has 0 bridgehead atoms. The molecule has 3 nitrogen and oxygen atoms in total. The van der Waals surface area contributed by atoms with Crippen LogP contribution in [0.3, 0.4) is 0 Å².